The molecule has 2 nitrogen and oxygen atoms in total. The minimum Gasteiger partial charge on any atom is -0.267 e. The summed E-state index contributed by atoms with van der Waals surface area (Å²) in [5.41, 5.74) is 5.52. The monoisotopic (exact) mass is 408 g/mol. The second-order valence-corrected chi connectivity index (χ2v) is 7.03. The summed E-state index contributed by atoms with van der Waals surface area (Å²) in [5, 5.41) is 7.27. The third-order valence-corrected chi connectivity index (χ3v) is 4.91. The first kappa shape index (κ1) is 20.8. The summed E-state index contributed by atoms with van der Waals surface area (Å²) in [6.45, 7) is 4.38. The minimum absolute atomic E-state index is 0. The Morgan fingerprint density at radius 3 is 2.54 bits per heavy atom. The summed E-state index contributed by atoms with van der Waals surface area (Å²) in [4.78, 5) is 0. The van der Waals surface area contributed by atoms with Crippen LogP contribution in [0.2, 0.25) is 10.0 Å². The lowest BCUT2D eigenvalue weighted by molar-refractivity contribution is 0.760. The van der Waals surface area contributed by atoms with Gasteiger partial charge in [0.1, 0.15) is 5.52 Å². The molecular formula is C21H23Cl3N2. The lowest BCUT2D eigenvalue weighted by Gasteiger charge is -2.08. The van der Waals surface area contributed by atoms with E-state index in [4.69, 9.17) is 28.3 Å². The van der Waals surface area contributed by atoms with Gasteiger partial charge in [-0.1, -0.05) is 73.8 Å². The number of aryl methyl sites for hydroxylation is 1. The van der Waals surface area contributed by atoms with Crippen LogP contribution in [-0.4, -0.2) is 9.78 Å². The summed E-state index contributed by atoms with van der Waals surface area (Å²) >= 11 is 12.5. The molecule has 0 N–H and O–H groups in total. The number of halogens is 3. The summed E-state index contributed by atoms with van der Waals surface area (Å²) in [7, 11) is 2.02. The van der Waals surface area contributed by atoms with Crippen molar-refractivity contribution in [3.63, 3.8) is 0 Å². The fraction of sp³-hybridized carbons (Fsp3) is 0.286. The molecule has 3 aromatic rings. The predicted molar refractivity (Wildman–Crippen MR) is 117 cm³/mol. The molecule has 0 amide bonds. The van der Waals surface area contributed by atoms with Crippen molar-refractivity contribution < 1.29 is 0 Å². The summed E-state index contributed by atoms with van der Waals surface area (Å²) in [5.74, 6) is 0. The van der Waals surface area contributed by atoms with Crippen molar-refractivity contribution in [1.82, 2.24) is 9.78 Å². The Hall–Kier alpha value is -1.48. The van der Waals surface area contributed by atoms with Crippen LogP contribution in [0.1, 0.15) is 38.8 Å². The molecule has 138 valence electrons. The van der Waals surface area contributed by atoms with E-state index in [0.717, 1.165) is 35.9 Å². The number of allylic oxidation sites excluding steroid dienone is 2. The highest BCUT2D eigenvalue weighted by Gasteiger charge is 2.17. The summed E-state index contributed by atoms with van der Waals surface area (Å²) in [6.07, 6.45) is 5.49. The van der Waals surface area contributed by atoms with Crippen LogP contribution in [0.5, 0.6) is 0 Å². The molecular weight excluding hydrogens is 387 g/mol. The highest BCUT2D eigenvalue weighted by molar-refractivity contribution is 6.36. The smallest absolute Gasteiger partial charge is 0.101 e. The molecule has 0 aliphatic heterocycles. The van der Waals surface area contributed by atoms with Gasteiger partial charge in [0.05, 0.1) is 5.69 Å². The van der Waals surface area contributed by atoms with Crippen molar-refractivity contribution in [3.05, 3.63) is 58.2 Å². The zero-order valence-electron chi connectivity index (χ0n) is 15.2. The fourth-order valence-electron chi connectivity index (χ4n) is 3.36. The average Bonchev–Trinajstić information content (AvgIpc) is 2.91. The quantitative estimate of drug-likeness (QED) is 0.425. The van der Waals surface area contributed by atoms with E-state index in [1.807, 2.05) is 23.9 Å². The molecule has 26 heavy (non-hydrogen) atoms. The topological polar surface area (TPSA) is 17.8 Å². The van der Waals surface area contributed by atoms with E-state index in [9.17, 15) is 0 Å². The van der Waals surface area contributed by atoms with Crippen LogP contribution >= 0.6 is 35.6 Å². The number of nitrogens with zero attached hydrogens (tertiary/aromatic N) is 2. The molecule has 0 spiro atoms. The van der Waals surface area contributed by atoms with Crippen molar-refractivity contribution in [2.45, 2.75) is 33.1 Å². The molecule has 0 saturated heterocycles. The van der Waals surface area contributed by atoms with E-state index in [-0.39, 0.29) is 12.4 Å². The summed E-state index contributed by atoms with van der Waals surface area (Å²) in [6, 6.07) is 11.9. The third-order valence-electron chi connectivity index (χ3n) is 4.36. The van der Waals surface area contributed by atoms with Gasteiger partial charge in [-0.25, -0.2) is 0 Å². The fourth-order valence-corrected chi connectivity index (χ4v) is 3.87. The van der Waals surface area contributed by atoms with Crippen molar-refractivity contribution in [1.29, 1.82) is 0 Å². The van der Waals surface area contributed by atoms with Crippen molar-refractivity contribution >= 4 is 52.1 Å². The van der Waals surface area contributed by atoms with Gasteiger partial charge in [0.15, 0.2) is 0 Å². The van der Waals surface area contributed by atoms with E-state index in [0.29, 0.717) is 10.0 Å². The predicted octanol–water partition coefficient (Wildman–Crippen LogP) is 7.56. The summed E-state index contributed by atoms with van der Waals surface area (Å²) < 4.78 is 2.00. The minimum atomic E-state index is 0. The van der Waals surface area contributed by atoms with E-state index in [2.05, 4.69) is 38.1 Å². The maximum atomic E-state index is 6.44. The number of hydrogen-bond acceptors (Lipinski definition) is 1. The number of hydrogen-bond donors (Lipinski definition) is 0. The van der Waals surface area contributed by atoms with Crippen LogP contribution in [-0.2, 0) is 7.05 Å². The number of fused-ring (bicyclic) bond motifs is 1. The van der Waals surface area contributed by atoms with Gasteiger partial charge in [0, 0.05) is 33.6 Å². The molecule has 0 radical (unpaired) electrons. The molecule has 0 aliphatic carbocycles. The van der Waals surface area contributed by atoms with Gasteiger partial charge in [-0.15, -0.1) is 12.4 Å². The van der Waals surface area contributed by atoms with E-state index < -0.39 is 0 Å². The maximum absolute atomic E-state index is 6.44. The lowest BCUT2D eigenvalue weighted by Crippen LogP contribution is -1.98. The van der Waals surface area contributed by atoms with Crippen LogP contribution in [0.3, 0.4) is 0 Å². The largest absolute Gasteiger partial charge is 0.267 e. The molecule has 1 heterocycles. The molecule has 0 aliphatic rings. The molecule has 5 heteroatoms. The molecule has 0 atom stereocenters. The van der Waals surface area contributed by atoms with Gasteiger partial charge in [-0.05, 0) is 30.5 Å². The highest BCUT2D eigenvalue weighted by atomic mass is 35.5. The average molecular weight is 410 g/mol. The van der Waals surface area contributed by atoms with Crippen LogP contribution < -0.4 is 0 Å². The molecule has 0 unspecified atom stereocenters. The molecule has 0 saturated carbocycles. The normalized spacial score (nSPS) is 11.7. The van der Waals surface area contributed by atoms with E-state index in [1.54, 1.807) is 6.07 Å². The zero-order chi connectivity index (χ0) is 18.0. The molecule has 1 aromatic heterocycles. The van der Waals surface area contributed by atoms with Crippen LogP contribution in [0.25, 0.3) is 27.6 Å². The van der Waals surface area contributed by atoms with E-state index >= 15 is 0 Å². The van der Waals surface area contributed by atoms with Gasteiger partial charge < -0.3 is 0 Å². The second-order valence-electron chi connectivity index (χ2n) is 6.19. The Balaban J connectivity index is 0.00000243. The second kappa shape index (κ2) is 8.94. The SMILES string of the molecule is CCC=C(CCC)c1c2cccc(-c3ccc(Cl)cc3Cl)c2nn1C.Cl. The van der Waals surface area contributed by atoms with Gasteiger partial charge in [0.2, 0.25) is 0 Å². The van der Waals surface area contributed by atoms with E-state index in [1.165, 1.54) is 16.7 Å². The van der Waals surface area contributed by atoms with Gasteiger partial charge >= 0.3 is 0 Å². The van der Waals surface area contributed by atoms with Crippen molar-refractivity contribution in [2.24, 2.45) is 7.05 Å². The van der Waals surface area contributed by atoms with Gasteiger partial charge in [-0.3, -0.25) is 4.68 Å². The number of aromatic nitrogens is 2. The first-order chi connectivity index (χ1) is 12.1. The van der Waals surface area contributed by atoms with Gasteiger partial charge in [-0.2, -0.15) is 5.10 Å². The highest BCUT2D eigenvalue weighted by Crippen LogP contribution is 2.37. The Kier molecular flexibility index (Phi) is 7.16. The van der Waals surface area contributed by atoms with Crippen LogP contribution in [0.4, 0.5) is 0 Å². The molecule has 0 bridgehead atoms. The lowest BCUT2D eigenvalue weighted by atomic mass is 9.98. The number of benzene rings is 2. The first-order valence-electron chi connectivity index (χ1n) is 8.67. The first-order valence-corrected chi connectivity index (χ1v) is 9.43. The maximum Gasteiger partial charge on any atom is 0.101 e. The van der Waals surface area contributed by atoms with Crippen LogP contribution in [0, 0.1) is 0 Å². The Morgan fingerprint density at radius 2 is 1.88 bits per heavy atom. The van der Waals surface area contributed by atoms with Crippen molar-refractivity contribution in [3.8, 4) is 11.1 Å². The van der Waals surface area contributed by atoms with Gasteiger partial charge in [0.25, 0.3) is 0 Å². The van der Waals surface area contributed by atoms with Crippen LogP contribution in [0.15, 0.2) is 42.5 Å². The Morgan fingerprint density at radius 1 is 1.12 bits per heavy atom. The molecule has 2 aromatic carbocycles. The Bertz CT molecular complexity index is 942. The Labute approximate surface area is 171 Å². The third kappa shape index (κ3) is 3.93. The zero-order valence-corrected chi connectivity index (χ0v) is 17.5. The standard InChI is InChI=1S/C21H22Cl2N2.ClH/c1-4-7-14(8-5-2)21-18-10-6-9-17(20(18)24-25(21)3)16-12-11-15(22)13-19(16)23;/h6-7,9-13H,4-5,8H2,1-3H3;1H. The van der Waals surface area contributed by atoms with Crippen molar-refractivity contribution in [2.75, 3.05) is 0 Å². The molecule has 0 fully saturated rings. The number of rotatable bonds is 5. The molecule has 3 rings (SSSR count).